The number of carbonyl (C=O) groups excluding carboxylic acids is 3. The molecule has 0 aromatic rings. The first-order chi connectivity index (χ1) is 17.4. The number of carbonyl (C=O) groups is 4. The molecule has 3 aliphatic rings. The average Bonchev–Trinajstić information content (AvgIpc) is 3.70. The van der Waals surface area contributed by atoms with E-state index in [0.29, 0.717) is 19.0 Å². The molecule has 6 N–H and O–H groups in total. The molecule has 3 fully saturated rings. The Labute approximate surface area is 224 Å². The fraction of sp³-hybridized carbons (Fsp3) is 0.792. The molecule has 0 radical (unpaired) electrons. The number of rotatable bonds is 12. The number of carboxylic acids is 1. The first-order valence-electron chi connectivity index (χ1n) is 13.2. The Kier molecular flexibility index (Phi) is 12.7. The maximum absolute atomic E-state index is 13.3. The first kappa shape index (κ1) is 30.5. The van der Waals surface area contributed by atoms with Crippen LogP contribution in [0.4, 0.5) is 4.79 Å². The van der Waals surface area contributed by atoms with Crippen LogP contribution in [0, 0.1) is 11.8 Å². The lowest BCUT2D eigenvalue weighted by molar-refractivity contribution is -0.146. The van der Waals surface area contributed by atoms with Crippen molar-refractivity contribution in [2.75, 3.05) is 32.7 Å². The number of likely N-dealkylation sites (tertiary alicyclic amines) is 1. The summed E-state index contributed by atoms with van der Waals surface area (Å²) in [5.74, 6) is 3.85. The third-order valence-electron chi connectivity index (χ3n) is 7.21. The molecular formula is C24H42ClN7O5. The van der Waals surface area contributed by atoms with Crippen LogP contribution in [0.5, 0.6) is 0 Å². The van der Waals surface area contributed by atoms with Crippen molar-refractivity contribution in [3.63, 3.8) is 0 Å². The van der Waals surface area contributed by atoms with E-state index in [0.717, 1.165) is 64.5 Å². The molecule has 210 valence electrons. The van der Waals surface area contributed by atoms with Crippen LogP contribution in [0.3, 0.4) is 0 Å². The predicted molar refractivity (Wildman–Crippen MR) is 141 cm³/mol. The van der Waals surface area contributed by atoms with Gasteiger partial charge in [-0.25, -0.2) is 4.79 Å². The van der Waals surface area contributed by atoms with Crippen molar-refractivity contribution in [1.82, 2.24) is 25.8 Å². The highest BCUT2D eigenvalue weighted by molar-refractivity contribution is 5.93. The van der Waals surface area contributed by atoms with Gasteiger partial charge in [0.05, 0.1) is 6.42 Å². The van der Waals surface area contributed by atoms with E-state index in [1.807, 2.05) is 4.90 Å². The van der Waals surface area contributed by atoms with Crippen LogP contribution in [0.25, 0.3) is 0 Å². The lowest BCUT2D eigenvalue weighted by Gasteiger charge is -2.31. The summed E-state index contributed by atoms with van der Waals surface area (Å²) in [6.45, 7) is 2.09. The Morgan fingerprint density at radius 2 is 1.68 bits per heavy atom. The molecule has 1 aliphatic heterocycles. The Morgan fingerprint density at radius 1 is 1.00 bits per heavy atom. The Hall–Kier alpha value is -2.76. The number of halogens is 1. The van der Waals surface area contributed by atoms with E-state index in [9.17, 15) is 24.3 Å². The zero-order valence-corrected chi connectivity index (χ0v) is 22.2. The Morgan fingerprint density at radius 3 is 2.32 bits per heavy atom. The van der Waals surface area contributed by atoms with Gasteiger partial charge in [-0.1, -0.05) is 19.3 Å². The number of urea groups is 1. The molecule has 0 unspecified atom stereocenters. The van der Waals surface area contributed by atoms with E-state index in [2.05, 4.69) is 21.1 Å². The van der Waals surface area contributed by atoms with E-state index in [1.165, 1.54) is 11.3 Å². The van der Waals surface area contributed by atoms with Crippen LogP contribution in [0.15, 0.2) is 5.10 Å². The number of carboxylic acid groups (broad SMARTS) is 1. The van der Waals surface area contributed by atoms with Gasteiger partial charge in [0.2, 0.25) is 11.8 Å². The maximum atomic E-state index is 13.3. The Bertz CT molecular complexity index is 804. The minimum atomic E-state index is -1.14. The van der Waals surface area contributed by atoms with Gasteiger partial charge in [0.25, 0.3) is 0 Å². The van der Waals surface area contributed by atoms with Crippen LogP contribution in [0.1, 0.15) is 64.2 Å². The highest BCUT2D eigenvalue weighted by Gasteiger charge is 2.38. The van der Waals surface area contributed by atoms with Gasteiger partial charge in [0.15, 0.2) is 0 Å². The number of aliphatic carboxylic acids is 1. The number of hydrazone groups is 1. The number of amides is 4. The summed E-state index contributed by atoms with van der Waals surface area (Å²) in [4.78, 5) is 53.3. The number of piperidine rings is 1. The molecular weight excluding hydrogens is 502 g/mol. The predicted octanol–water partition coefficient (Wildman–Crippen LogP) is 0.852. The smallest absolute Gasteiger partial charge is 0.323 e. The second-order valence-electron chi connectivity index (χ2n) is 10.3. The quantitative estimate of drug-likeness (QED) is 0.105. The van der Waals surface area contributed by atoms with Gasteiger partial charge in [-0.2, -0.15) is 5.10 Å². The molecule has 1 heterocycles. The monoisotopic (exact) mass is 543 g/mol. The minimum Gasteiger partial charge on any atom is -0.480 e. The second kappa shape index (κ2) is 15.5. The van der Waals surface area contributed by atoms with E-state index >= 15 is 0 Å². The number of hydrogen-bond donors (Lipinski definition) is 5. The molecule has 4 amide bonds. The number of nitrogens with two attached hydrogens (primary N) is 1. The fourth-order valence-corrected chi connectivity index (χ4v) is 5.14. The van der Waals surface area contributed by atoms with Crippen LogP contribution in [-0.4, -0.2) is 89.9 Å². The summed E-state index contributed by atoms with van der Waals surface area (Å²) in [5.41, 5.74) is 0. The van der Waals surface area contributed by atoms with Crippen LogP contribution >= 0.6 is 12.4 Å². The molecule has 1 saturated heterocycles. The zero-order chi connectivity index (χ0) is 25.9. The largest absolute Gasteiger partial charge is 0.480 e. The lowest BCUT2D eigenvalue weighted by Crippen LogP contribution is -2.54. The molecule has 2 atom stereocenters. The van der Waals surface area contributed by atoms with Crippen molar-refractivity contribution in [2.45, 2.75) is 76.3 Å². The molecule has 2 saturated carbocycles. The summed E-state index contributed by atoms with van der Waals surface area (Å²) < 4.78 is 0. The van der Waals surface area contributed by atoms with E-state index in [-0.39, 0.29) is 36.7 Å². The van der Waals surface area contributed by atoms with Gasteiger partial charge in [-0.3, -0.25) is 14.4 Å². The van der Waals surface area contributed by atoms with Crippen molar-refractivity contribution in [3.05, 3.63) is 0 Å². The van der Waals surface area contributed by atoms with Crippen LogP contribution in [-0.2, 0) is 14.4 Å². The molecule has 0 spiro atoms. The summed E-state index contributed by atoms with van der Waals surface area (Å²) >= 11 is 0. The summed E-state index contributed by atoms with van der Waals surface area (Å²) in [7, 11) is 0. The fourth-order valence-electron chi connectivity index (χ4n) is 5.14. The standard InChI is InChI=1S/C24H41N7O5.ClH/c25-28-16-30-10-4-7-18(14-30)13-26-21(32)11-20(23(35)31(15-22(33)34)19-8-9-19)29-24(36)27-12-17-5-2-1-3-6-17;/h16-20H,1-15,25H2,(H,26,32)(H,33,34)(H2,27,29,36);1H/t18-,20-;/m0./s1. The van der Waals surface area contributed by atoms with Gasteiger partial charge in [-0.15, -0.1) is 12.4 Å². The van der Waals surface area contributed by atoms with Crippen molar-refractivity contribution >= 4 is 42.6 Å². The number of nitrogens with one attached hydrogen (secondary N) is 3. The molecule has 12 nitrogen and oxygen atoms in total. The topological polar surface area (TPSA) is 169 Å². The number of nitrogens with zero attached hydrogens (tertiary/aromatic N) is 3. The van der Waals surface area contributed by atoms with Gasteiger partial charge >= 0.3 is 12.0 Å². The van der Waals surface area contributed by atoms with Crippen LogP contribution < -0.4 is 21.8 Å². The molecule has 37 heavy (non-hydrogen) atoms. The van der Waals surface area contributed by atoms with Gasteiger partial charge in [-0.05, 0) is 50.4 Å². The zero-order valence-electron chi connectivity index (χ0n) is 21.4. The van der Waals surface area contributed by atoms with E-state index in [1.54, 1.807) is 6.34 Å². The summed E-state index contributed by atoms with van der Waals surface area (Å²) in [6.07, 6.45) is 10.3. The maximum Gasteiger partial charge on any atom is 0.323 e. The summed E-state index contributed by atoms with van der Waals surface area (Å²) in [5, 5.41) is 21.2. The Balaban J connectivity index is 0.00000481. The highest BCUT2D eigenvalue weighted by atomic mass is 35.5. The molecule has 13 heteroatoms. The molecule has 0 aromatic carbocycles. The SMILES string of the molecule is Cl.NN=CN1CCC[C@@H](CNC(=O)C[C@H](NC(=O)NCC2CCCCC2)C(=O)N(CC(=O)O)C2CC2)C1. The second-order valence-corrected chi connectivity index (χ2v) is 10.3. The van der Waals surface area contributed by atoms with E-state index in [4.69, 9.17) is 5.84 Å². The third kappa shape index (κ3) is 10.6. The third-order valence-corrected chi connectivity index (χ3v) is 7.21. The molecule has 0 bridgehead atoms. The molecule has 3 rings (SSSR count). The van der Waals surface area contributed by atoms with Crippen molar-refractivity contribution in [3.8, 4) is 0 Å². The normalized spacial score (nSPS) is 21.0. The van der Waals surface area contributed by atoms with Crippen molar-refractivity contribution < 1.29 is 24.3 Å². The summed E-state index contributed by atoms with van der Waals surface area (Å²) in [6, 6.07) is -1.81. The van der Waals surface area contributed by atoms with Crippen molar-refractivity contribution in [2.24, 2.45) is 22.8 Å². The average molecular weight is 544 g/mol. The van der Waals surface area contributed by atoms with Gasteiger partial charge < -0.3 is 36.7 Å². The highest BCUT2D eigenvalue weighted by Crippen LogP contribution is 2.27. The van der Waals surface area contributed by atoms with Crippen molar-refractivity contribution in [1.29, 1.82) is 0 Å². The van der Waals surface area contributed by atoms with Crippen LogP contribution in [0.2, 0.25) is 0 Å². The van der Waals surface area contributed by atoms with Gasteiger partial charge in [0.1, 0.15) is 18.9 Å². The van der Waals surface area contributed by atoms with E-state index < -0.39 is 30.5 Å². The number of hydrogen-bond acceptors (Lipinski definition) is 6. The van der Waals surface area contributed by atoms with Gasteiger partial charge in [0, 0.05) is 32.2 Å². The molecule has 2 aliphatic carbocycles. The lowest BCUT2D eigenvalue weighted by atomic mass is 9.89. The first-order valence-corrected chi connectivity index (χ1v) is 13.2. The molecule has 0 aromatic heterocycles. The minimum absolute atomic E-state index is 0.